The number of piperazine rings is 1. The SMILES string of the molecule is CN1CCN(C(Cc2ccc(O)cc2)c2ccccc2)CC1.Cl.Cl. The average molecular weight is 369 g/mol. The molecule has 0 spiro atoms. The Morgan fingerprint density at radius 1 is 0.875 bits per heavy atom. The molecule has 0 aromatic heterocycles. The van der Waals surface area contributed by atoms with Gasteiger partial charge in [-0.15, -0.1) is 24.8 Å². The summed E-state index contributed by atoms with van der Waals surface area (Å²) in [6.45, 7) is 4.46. The Kier molecular flexibility index (Phi) is 8.57. The molecular formula is C19H26Cl2N2O. The fourth-order valence-corrected chi connectivity index (χ4v) is 3.12. The van der Waals surface area contributed by atoms with Gasteiger partial charge in [0.25, 0.3) is 0 Å². The smallest absolute Gasteiger partial charge is 0.115 e. The molecule has 24 heavy (non-hydrogen) atoms. The summed E-state index contributed by atoms with van der Waals surface area (Å²) in [6, 6.07) is 18.8. The highest BCUT2D eigenvalue weighted by atomic mass is 35.5. The van der Waals surface area contributed by atoms with Crippen molar-refractivity contribution >= 4 is 24.8 Å². The van der Waals surface area contributed by atoms with E-state index in [1.54, 1.807) is 12.1 Å². The van der Waals surface area contributed by atoms with E-state index in [-0.39, 0.29) is 24.8 Å². The number of hydrogen-bond donors (Lipinski definition) is 1. The van der Waals surface area contributed by atoms with Crippen LogP contribution in [0.15, 0.2) is 54.6 Å². The summed E-state index contributed by atoms with van der Waals surface area (Å²) in [5.41, 5.74) is 2.64. The Morgan fingerprint density at radius 3 is 2.04 bits per heavy atom. The highest BCUT2D eigenvalue weighted by molar-refractivity contribution is 5.85. The average Bonchev–Trinajstić information content (AvgIpc) is 2.56. The molecule has 1 fully saturated rings. The first kappa shape index (κ1) is 20.8. The van der Waals surface area contributed by atoms with Gasteiger partial charge >= 0.3 is 0 Å². The van der Waals surface area contributed by atoms with Crippen molar-refractivity contribution < 1.29 is 5.11 Å². The van der Waals surface area contributed by atoms with Crippen molar-refractivity contribution in [3.8, 4) is 5.75 Å². The molecule has 0 radical (unpaired) electrons. The van der Waals surface area contributed by atoms with E-state index in [0.717, 1.165) is 32.6 Å². The minimum absolute atomic E-state index is 0. The van der Waals surface area contributed by atoms with Crippen LogP contribution < -0.4 is 0 Å². The van der Waals surface area contributed by atoms with Crippen LogP contribution in [-0.2, 0) is 6.42 Å². The van der Waals surface area contributed by atoms with Gasteiger partial charge in [-0.3, -0.25) is 4.90 Å². The van der Waals surface area contributed by atoms with Crippen LogP contribution in [0.25, 0.3) is 0 Å². The summed E-state index contributed by atoms with van der Waals surface area (Å²) < 4.78 is 0. The highest BCUT2D eigenvalue weighted by Crippen LogP contribution is 2.26. The summed E-state index contributed by atoms with van der Waals surface area (Å²) in [5, 5.41) is 9.47. The van der Waals surface area contributed by atoms with Crippen molar-refractivity contribution in [3.63, 3.8) is 0 Å². The fourth-order valence-electron chi connectivity index (χ4n) is 3.12. The van der Waals surface area contributed by atoms with Crippen LogP contribution in [0.2, 0.25) is 0 Å². The second-order valence-corrected chi connectivity index (χ2v) is 6.14. The Hall–Kier alpha value is -1.26. The third kappa shape index (κ3) is 5.38. The van der Waals surface area contributed by atoms with Gasteiger partial charge in [0, 0.05) is 32.2 Å². The fraction of sp³-hybridized carbons (Fsp3) is 0.368. The zero-order chi connectivity index (χ0) is 15.4. The maximum absolute atomic E-state index is 9.47. The molecule has 3 rings (SSSR count). The Bertz CT molecular complexity index is 584. The predicted molar refractivity (Wildman–Crippen MR) is 105 cm³/mol. The lowest BCUT2D eigenvalue weighted by Gasteiger charge is -2.38. The van der Waals surface area contributed by atoms with E-state index >= 15 is 0 Å². The van der Waals surface area contributed by atoms with Crippen LogP contribution in [0.3, 0.4) is 0 Å². The van der Waals surface area contributed by atoms with Crippen LogP contribution in [0.1, 0.15) is 17.2 Å². The number of rotatable bonds is 4. The van der Waals surface area contributed by atoms with Gasteiger partial charge in [0.2, 0.25) is 0 Å². The van der Waals surface area contributed by atoms with Gasteiger partial charge in [0.15, 0.2) is 0 Å². The maximum Gasteiger partial charge on any atom is 0.115 e. The van der Waals surface area contributed by atoms with E-state index < -0.39 is 0 Å². The lowest BCUT2D eigenvalue weighted by molar-refractivity contribution is 0.111. The Balaban J connectivity index is 0.00000144. The van der Waals surface area contributed by atoms with Crippen LogP contribution in [0.5, 0.6) is 5.75 Å². The van der Waals surface area contributed by atoms with E-state index in [4.69, 9.17) is 0 Å². The third-order valence-electron chi connectivity index (χ3n) is 4.53. The van der Waals surface area contributed by atoms with E-state index in [1.807, 2.05) is 12.1 Å². The predicted octanol–water partition coefficient (Wildman–Crippen LogP) is 3.77. The molecule has 1 heterocycles. The van der Waals surface area contributed by atoms with Gasteiger partial charge in [0.1, 0.15) is 5.75 Å². The number of halogens is 2. The molecule has 0 amide bonds. The summed E-state index contributed by atoms with van der Waals surface area (Å²) >= 11 is 0. The van der Waals surface area contributed by atoms with Crippen LogP contribution in [0, 0.1) is 0 Å². The Labute approximate surface area is 157 Å². The van der Waals surface area contributed by atoms with Gasteiger partial charge in [-0.1, -0.05) is 42.5 Å². The first-order chi connectivity index (χ1) is 10.7. The topological polar surface area (TPSA) is 26.7 Å². The van der Waals surface area contributed by atoms with Crippen molar-refractivity contribution in [1.82, 2.24) is 9.80 Å². The highest BCUT2D eigenvalue weighted by Gasteiger charge is 2.23. The molecule has 0 bridgehead atoms. The van der Waals surface area contributed by atoms with E-state index in [1.165, 1.54) is 11.1 Å². The van der Waals surface area contributed by atoms with Gasteiger partial charge < -0.3 is 10.0 Å². The summed E-state index contributed by atoms with van der Waals surface area (Å²) in [7, 11) is 2.19. The molecule has 1 aliphatic rings. The lowest BCUT2D eigenvalue weighted by Crippen LogP contribution is -2.46. The molecule has 1 aliphatic heterocycles. The number of phenols is 1. The third-order valence-corrected chi connectivity index (χ3v) is 4.53. The first-order valence-corrected chi connectivity index (χ1v) is 7.98. The zero-order valence-electron chi connectivity index (χ0n) is 14.0. The first-order valence-electron chi connectivity index (χ1n) is 7.98. The summed E-state index contributed by atoms with van der Waals surface area (Å²) in [4.78, 5) is 4.97. The van der Waals surface area contributed by atoms with Crippen LogP contribution >= 0.6 is 24.8 Å². The minimum atomic E-state index is 0. The molecule has 1 atom stereocenters. The van der Waals surface area contributed by atoms with E-state index in [0.29, 0.717) is 11.8 Å². The van der Waals surface area contributed by atoms with E-state index in [2.05, 4.69) is 47.2 Å². The second-order valence-electron chi connectivity index (χ2n) is 6.14. The number of hydrogen-bond acceptors (Lipinski definition) is 3. The van der Waals surface area contributed by atoms with Gasteiger partial charge in [-0.05, 0) is 36.7 Å². The monoisotopic (exact) mass is 368 g/mol. The van der Waals surface area contributed by atoms with Gasteiger partial charge in [0.05, 0.1) is 0 Å². The molecule has 132 valence electrons. The molecule has 3 nitrogen and oxygen atoms in total. The summed E-state index contributed by atoms with van der Waals surface area (Å²) in [6.07, 6.45) is 0.980. The van der Waals surface area contributed by atoms with Crippen molar-refractivity contribution in [2.24, 2.45) is 0 Å². The standard InChI is InChI=1S/C19H24N2O.2ClH/c1-20-11-13-21(14-12-20)19(17-5-3-2-4-6-17)15-16-7-9-18(22)10-8-16;;/h2-10,19,22H,11-15H2,1H3;2*1H. The van der Waals surface area contributed by atoms with Crippen molar-refractivity contribution in [2.75, 3.05) is 33.2 Å². The van der Waals surface area contributed by atoms with Crippen LogP contribution in [-0.4, -0.2) is 48.1 Å². The normalized spacial score (nSPS) is 16.7. The molecule has 1 N–H and O–H groups in total. The van der Waals surface area contributed by atoms with Crippen molar-refractivity contribution in [3.05, 3.63) is 65.7 Å². The van der Waals surface area contributed by atoms with Crippen LogP contribution in [0.4, 0.5) is 0 Å². The second kappa shape index (κ2) is 9.90. The van der Waals surface area contributed by atoms with Crippen molar-refractivity contribution in [1.29, 1.82) is 0 Å². The number of benzene rings is 2. The lowest BCUT2D eigenvalue weighted by atomic mass is 9.96. The Morgan fingerprint density at radius 2 is 1.46 bits per heavy atom. The van der Waals surface area contributed by atoms with Gasteiger partial charge in [-0.2, -0.15) is 0 Å². The molecule has 1 unspecified atom stereocenters. The van der Waals surface area contributed by atoms with E-state index in [9.17, 15) is 5.11 Å². The minimum Gasteiger partial charge on any atom is -0.508 e. The van der Waals surface area contributed by atoms with Crippen molar-refractivity contribution in [2.45, 2.75) is 12.5 Å². The number of likely N-dealkylation sites (N-methyl/N-ethyl adjacent to an activating group) is 1. The molecule has 1 saturated heterocycles. The number of phenolic OH excluding ortho intramolecular Hbond substituents is 1. The zero-order valence-corrected chi connectivity index (χ0v) is 15.6. The number of nitrogens with zero attached hydrogens (tertiary/aromatic N) is 2. The largest absolute Gasteiger partial charge is 0.508 e. The molecular weight excluding hydrogens is 343 g/mol. The maximum atomic E-state index is 9.47. The van der Waals surface area contributed by atoms with Gasteiger partial charge in [-0.25, -0.2) is 0 Å². The quantitative estimate of drug-likeness (QED) is 0.889. The number of aromatic hydroxyl groups is 1. The molecule has 2 aromatic rings. The molecule has 2 aromatic carbocycles. The summed E-state index contributed by atoms with van der Waals surface area (Å²) in [5.74, 6) is 0.333. The molecule has 5 heteroatoms. The molecule has 0 aliphatic carbocycles. The molecule has 0 saturated carbocycles.